The normalized spacial score (nSPS) is 23.1. The molecule has 7 heteroatoms. The number of anilines is 1. The molecule has 4 nitrogen and oxygen atoms in total. The SMILES string of the molecule is CC1(CCO)COC(=O)N1c1cccc(C(F)(F)F)c1. The molecule has 1 aromatic carbocycles. The van der Waals surface area contributed by atoms with Crippen molar-refractivity contribution in [2.75, 3.05) is 18.1 Å². The van der Waals surface area contributed by atoms with Crippen LogP contribution in [0.3, 0.4) is 0 Å². The Bertz CT molecular complexity index is 518. The summed E-state index contributed by atoms with van der Waals surface area (Å²) in [5.41, 5.74) is -1.57. The number of hydrogen-bond acceptors (Lipinski definition) is 3. The molecular formula is C13H14F3NO3. The van der Waals surface area contributed by atoms with Gasteiger partial charge in [0.25, 0.3) is 0 Å². The number of ether oxygens (including phenoxy) is 1. The molecule has 1 aliphatic heterocycles. The van der Waals surface area contributed by atoms with Crippen LogP contribution in [0, 0.1) is 0 Å². The van der Waals surface area contributed by atoms with E-state index in [2.05, 4.69) is 0 Å². The largest absolute Gasteiger partial charge is 0.447 e. The number of aliphatic hydroxyl groups excluding tert-OH is 1. The predicted molar refractivity (Wildman–Crippen MR) is 65.4 cm³/mol. The maximum Gasteiger partial charge on any atom is 0.416 e. The van der Waals surface area contributed by atoms with Crippen LogP contribution < -0.4 is 4.90 Å². The molecule has 0 aliphatic carbocycles. The highest BCUT2D eigenvalue weighted by Crippen LogP contribution is 2.36. The molecule has 1 atom stereocenters. The first-order valence-corrected chi connectivity index (χ1v) is 6.03. The van der Waals surface area contributed by atoms with Crippen LogP contribution in [0.25, 0.3) is 0 Å². The topological polar surface area (TPSA) is 49.8 Å². The zero-order valence-corrected chi connectivity index (χ0v) is 10.8. The van der Waals surface area contributed by atoms with Gasteiger partial charge in [-0.1, -0.05) is 6.07 Å². The molecule has 110 valence electrons. The second kappa shape index (κ2) is 4.97. The van der Waals surface area contributed by atoms with Gasteiger partial charge < -0.3 is 9.84 Å². The number of carbonyl (C=O) groups excluding carboxylic acids is 1. The van der Waals surface area contributed by atoms with Gasteiger partial charge in [-0.2, -0.15) is 13.2 Å². The second-order valence-electron chi connectivity index (χ2n) is 4.91. The van der Waals surface area contributed by atoms with Crippen molar-refractivity contribution in [2.45, 2.75) is 25.1 Å². The van der Waals surface area contributed by atoms with Crippen molar-refractivity contribution >= 4 is 11.8 Å². The Morgan fingerprint density at radius 1 is 1.45 bits per heavy atom. The molecule has 0 aromatic heterocycles. The third kappa shape index (κ3) is 2.58. The summed E-state index contributed by atoms with van der Waals surface area (Å²) in [4.78, 5) is 12.9. The van der Waals surface area contributed by atoms with Crippen molar-refractivity contribution in [3.63, 3.8) is 0 Å². The average Bonchev–Trinajstić information content (AvgIpc) is 2.65. The summed E-state index contributed by atoms with van der Waals surface area (Å²) in [6.07, 6.45) is -4.97. The zero-order chi connectivity index (χ0) is 15.0. The van der Waals surface area contributed by atoms with Gasteiger partial charge in [-0.15, -0.1) is 0 Å². The summed E-state index contributed by atoms with van der Waals surface area (Å²) in [6, 6.07) is 4.50. The summed E-state index contributed by atoms with van der Waals surface area (Å²) in [7, 11) is 0. The minimum atomic E-state index is -4.48. The van der Waals surface area contributed by atoms with E-state index in [4.69, 9.17) is 9.84 Å². The smallest absolute Gasteiger partial charge is 0.416 e. The summed E-state index contributed by atoms with van der Waals surface area (Å²) in [5, 5.41) is 9.05. The Morgan fingerprint density at radius 2 is 2.15 bits per heavy atom. The van der Waals surface area contributed by atoms with Gasteiger partial charge in [-0.25, -0.2) is 4.79 Å². The number of nitrogens with zero attached hydrogens (tertiary/aromatic N) is 1. The number of alkyl halides is 3. The van der Waals surface area contributed by atoms with E-state index in [9.17, 15) is 18.0 Å². The van der Waals surface area contributed by atoms with E-state index in [1.165, 1.54) is 17.0 Å². The van der Waals surface area contributed by atoms with E-state index in [1.807, 2.05) is 0 Å². The Balaban J connectivity index is 2.41. The first-order valence-electron chi connectivity index (χ1n) is 6.03. The monoisotopic (exact) mass is 289 g/mol. The molecule has 1 aromatic rings. The Hall–Kier alpha value is -1.76. The molecule has 2 rings (SSSR count). The van der Waals surface area contributed by atoms with Crippen LogP contribution in [0.1, 0.15) is 18.9 Å². The predicted octanol–water partition coefficient (Wildman–Crippen LogP) is 2.80. The first kappa shape index (κ1) is 14.6. The van der Waals surface area contributed by atoms with Crippen LogP contribution in [-0.2, 0) is 10.9 Å². The van der Waals surface area contributed by atoms with Gasteiger partial charge in [0.2, 0.25) is 0 Å². The maximum absolute atomic E-state index is 12.7. The molecule has 0 saturated carbocycles. The molecular weight excluding hydrogens is 275 g/mol. The summed E-state index contributed by atoms with van der Waals surface area (Å²) in [5.74, 6) is 0. The maximum atomic E-state index is 12.7. The van der Waals surface area contributed by atoms with Gasteiger partial charge in [0.15, 0.2) is 0 Å². The molecule has 1 amide bonds. The summed E-state index contributed by atoms with van der Waals surface area (Å²) >= 11 is 0. The standard InChI is InChI=1S/C13H14F3NO3/c1-12(5-6-18)8-20-11(19)17(12)10-4-2-3-9(7-10)13(14,15)16/h2-4,7,18H,5-6,8H2,1H3. The van der Waals surface area contributed by atoms with Crippen LogP contribution in [-0.4, -0.2) is 30.0 Å². The number of aliphatic hydroxyl groups is 1. The summed E-state index contributed by atoms with van der Waals surface area (Å²) in [6.45, 7) is 1.50. The van der Waals surface area contributed by atoms with Crippen LogP contribution in [0.5, 0.6) is 0 Å². The van der Waals surface area contributed by atoms with E-state index in [0.29, 0.717) is 0 Å². The molecule has 1 saturated heterocycles. The Kier molecular flexibility index (Phi) is 3.64. The van der Waals surface area contributed by atoms with Gasteiger partial charge in [-0.05, 0) is 31.5 Å². The fraction of sp³-hybridized carbons (Fsp3) is 0.462. The van der Waals surface area contributed by atoms with E-state index in [1.54, 1.807) is 6.92 Å². The van der Waals surface area contributed by atoms with E-state index in [-0.39, 0.29) is 25.3 Å². The molecule has 1 fully saturated rings. The quantitative estimate of drug-likeness (QED) is 0.931. The fourth-order valence-corrected chi connectivity index (χ4v) is 2.23. The molecule has 0 spiro atoms. The van der Waals surface area contributed by atoms with Crippen molar-refractivity contribution in [2.24, 2.45) is 0 Å². The first-order chi connectivity index (χ1) is 9.28. The van der Waals surface area contributed by atoms with E-state index in [0.717, 1.165) is 12.1 Å². The number of benzene rings is 1. The van der Waals surface area contributed by atoms with Crippen molar-refractivity contribution in [3.8, 4) is 0 Å². The van der Waals surface area contributed by atoms with Gasteiger partial charge in [0.05, 0.1) is 11.1 Å². The average molecular weight is 289 g/mol. The highest BCUT2D eigenvalue weighted by atomic mass is 19.4. The third-order valence-electron chi connectivity index (χ3n) is 3.31. The van der Waals surface area contributed by atoms with Crippen LogP contribution in [0.15, 0.2) is 24.3 Å². The number of rotatable bonds is 3. The molecule has 1 unspecified atom stereocenters. The third-order valence-corrected chi connectivity index (χ3v) is 3.31. The van der Waals surface area contributed by atoms with Crippen molar-refractivity contribution in [1.29, 1.82) is 0 Å². The number of hydrogen-bond donors (Lipinski definition) is 1. The Morgan fingerprint density at radius 3 is 2.75 bits per heavy atom. The number of carbonyl (C=O) groups is 1. The minimum Gasteiger partial charge on any atom is -0.447 e. The lowest BCUT2D eigenvalue weighted by Gasteiger charge is -2.31. The van der Waals surface area contributed by atoms with E-state index >= 15 is 0 Å². The molecule has 0 radical (unpaired) electrons. The fourth-order valence-electron chi connectivity index (χ4n) is 2.23. The highest BCUT2D eigenvalue weighted by molar-refractivity contribution is 5.91. The van der Waals surface area contributed by atoms with Crippen LogP contribution >= 0.6 is 0 Å². The molecule has 1 aliphatic rings. The lowest BCUT2D eigenvalue weighted by Crippen LogP contribution is -2.45. The summed E-state index contributed by atoms with van der Waals surface area (Å²) < 4.78 is 43.1. The second-order valence-corrected chi connectivity index (χ2v) is 4.91. The number of halogens is 3. The van der Waals surface area contributed by atoms with Crippen LogP contribution in [0.2, 0.25) is 0 Å². The number of amides is 1. The van der Waals surface area contributed by atoms with Gasteiger partial charge >= 0.3 is 12.3 Å². The van der Waals surface area contributed by atoms with Gasteiger partial charge in [0.1, 0.15) is 6.61 Å². The van der Waals surface area contributed by atoms with E-state index < -0.39 is 23.4 Å². The Labute approximate surface area is 113 Å². The van der Waals surface area contributed by atoms with Crippen molar-refractivity contribution in [1.82, 2.24) is 0 Å². The van der Waals surface area contributed by atoms with Gasteiger partial charge in [-0.3, -0.25) is 4.90 Å². The van der Waals surface area contributed by atoms with Crippen LogP contribution in [0.4, 0.5) is 23.7 Å². The molecule has 20 heavy (non-hydrogen) atoms. The van der Waals surface area contributed by atoms with Crippen molar-refractivity contribution in [3.05, 3.63) is 29.8 Å². The zero-order valence-electron chi connectivity index (χ0n) is 10.8. The number of cyclic esters (lactones) is 1. The minimum absolute atomic E-state index is 0.0304. The lowest BCUT2D eigenvalue weighted by molar-refractivity contribution is -0.137. The highest BCUT2D eigenvalue weighted by Gasteiger charge is 2.44. The molecule has 0 bridgehead atoms. The lowest BCUT2D eigenvalue weighted by atomic mass is 9.97. The van der Waals surface area contributed by atoms with Crippen molar-refractivity contribution < 1.29 is 27.8 Å². The molecule has 1 N–H and O–H groups in total. The van der Waals surface area contributed by atoms with Gasteiger partial charge in [0, 0.05) is 12.3 Å². The molecule has 1 heterocycles.